The first-order valence-electron chi connectivity index (χ1n) is 11.3. The number of hydrogen-bond donors (Lipinski definition) is 3. The number of hydrogen-bond acceptors (Lipinski definition) is 7. The molecule has 4 N–H and O–H groups in total. The van der Waals surface area contributed by atoms with Crippen LogP contribution in [-0.2, 0) is 16.1 Å². The van der Waals surface area contributed by atoms with Crippen LogP contribution in [0.25, 0.3) is 21.9 Å². The van der Waals surface area contributed by atoms with Crippen LogP contribution in [0, 0.1) is 5.92 Å². The maximum absolute atomic E-state index is 13.7. The Morgan fingerprint density at radius 1 is 1.11 bits per heavy atom. The number of carboxylic acid groups (broad SMARTS) is 1. The molecule has 4 aromatic rings. The average Bonchev–Trinajstić information content (AvgIpc) is 3.38. The van der Waals surface area contributed by atoms with Crippen molar-refractivity contribution in [1.29, 1.82) is 0 Å². The van der Waals surface area contributed by atoms with Gasteiger partial charge in [0.25, 0.3) is 0 Å². The Balaban J connectivity index is 1.36. The average molecular weight is 550 g/mol. The summed E-state index contributed by atoms with van der Waals surface area (Å²) in [7, 11) is 0. The summed E-state index contributed by atoms with van der Waals surface area (Å²) in [5.41, 5.74) is 7.04. The Bertz CT molecular complexity index is 1590. The van der Waals surface area contributed by atoms with Crippen molar-refractivity contribution < 1.29 is 19.5 Å². The molecule has 1 saturated carbocycles. The van der Waals surface area contributed by atoms with Gasteiger partial charge >= 0.3 is 5.97 Å². The molecule has 36 heavy (non-hydrogen) atoms. The van der Waals surface area contributed by atoms with Gasteiger partial charge in [-0.05, 0) is 59.0 Å². The standard InChI is InChI=1S/C24H20BrN7O4/c25-16-5-2-6-17(29-16)30-23(34)15-8-11-7-14(11)32(15)18(33)9-31-13-4-1-3-12(24(35)36)19(13)20-21(26)27-10-28-22(20)31/h1-6,10-11,14-15H,7-9H2,(H,35,36)(H2,26,27,28)(H,29,30,34)/t11-,14?,15+/m1/s1. The summed E-state index contributed by atoms with van der Waals surface area (Å²) >= 11 is 3.29. The lowest BCUT2D eigenvalue weighted by Gasteiger charge is -2.27. The normalized spacial score (nSPS) is 20.5. The van der Waals surface area contributed by atoms with E-state index in [1.54, 1.807) is 39.8 Å². The molecule has 4 heterocycles. The van der Waals surface area contributed by atoms with Crippen LogP contribution in [0.2, 0.25) is 0 Å². The molecule has 2 fully saturated rings. The smallest absolute Gasteiger partial charge is 0.336 e. The molecule has 12 heteroatoms. The lowest BCUT2D eigenvalue weighted by atomic mass is 10.1. The number of carbonyl (C=O) groups is 3. The summed E-state index contributed by atoms with van der Waals surface area (Å²) in [5, 5.41) is 13.3. The van der Waals surface area contributed by atoms with Crippen molar-refractivity contribution in [2.45, 2.75) is 31.5 Å². The molecule has 0 radical (unpaired) electrons. The third-order valence-corrected chi connectivity index (χ3v) is 7.32. The van der Waals surface area contributed by atoms with E-state index in [1.165, 1.54) is 12.4 Å². The van der Waals surface area contributed by atoms with Crippen molar-refractivity contribution >= 4 is 67.3 Å². The second-order valence-electron chi connectivity index (χ2n) is 9.00. The number of benzene rings is 1. The molecule has 1 aliphatic carbocycles. The number of carboxylic acids is 1. The number of amides is 2. The first kappa shape index (κ1) is 22.4. The minimum Gasteiger partial charge on any atom is -0.478 e. The highest BCUT2D eigenvalue weighted by Crippen LogP contribution is 2.48. The minimum atomic E-state index is -1.12. The first-order valence-corrected chi connectivity index (χ1v) is 12.1. The molecule has 11 nitrogen and oxygen atoms in total. The fraction of sp³-hybridized carbons (Fsp3) is 0.250. The summed E-state index contributed by atoms with van der Waals surface area (Å²) in [6, 6.07) is 9.42. The SMILES string of the molecule is Nc1ncnc2c1c1c(C(=O)O)cccc1n2CC(=O)N1C2C[C@@H]2C[C@H]1C(=O)Nc1cccc(Br)n1. The van der Waals surface area contributed by atoms with Crippen LogP contribution in [0.15, 0.2) is 47.3 Å². The van der Waals surface area contributed by atoms with Gasteiger partial charge in [0.2, 0.25) is 11.8 Å². The Hall–Kier alpha value is -4.06. The van der Waals surface area contributed by atoms with Crippen LogP contribution in [-0.4, -0.2) is 59.4 Å². The topological polar surface area (TPSA) is 156 Å². The highest BCUT2D eigenvalue weighted by molar-refractivity contribution is 9.10. The van der Waals surface area contributed by atoms with Gasteiger partial charge in [-0.25, -0.2) is 19.7 Å². The van der Waals surface area contributed by atoms with Gasteiger partial charge in [-0.2, -0.15) is 0 Å². The number of pyridine rings is 1. The van der Waals surface area contributed by atoms with Crippen molar-refractivity contribution in [2.24, 2.45) is 5.92 Å². The zero-order valence-corrected chi connectivity index (χ0v) is 20.3. The molecule has 1 saturated heterocycles. The van der Waals surface area contributed by atoms with Crippen LogP contribution in [0.3, 0.4) is 0 Å². The Morgan fingerprint density at radius 2 is 1.92 bits per heavy atom. The van der Waals surface area contributed by atoms with Crippen molar-refractivity contribution in [1.82, 2.24) is 24.4 Å². The largest absolute Gasteiger partial charge is 0.478 e. The number of nitrogen functional groups attached to an aromatic ring is 1. The number of fused-ring (bicyclic) bond motifs is 4. The van der Waals surface area contributed by atoms with Gasteiger partial charge in [-0.1, -0.05) is 12.1 Å². The number of nitrogens with zero attached hydrogens (tertiary/aromatic N) is 5. The molecule has 0 bridgehead atoms. The van der Waals surface area contributed by atoms with Crippen LogP contribution in [0.4, 0.5) is 11.6 Å². The van der Waals surface area contributed by atoms with Crippen LogP contribution in [0.5, 0.6) is 0 Å². The third-order valence-electron chi connectivity index (χ3n) is 6.88. The zero-order valence-electron chi connectivity index (χ0n) is 18.8. The molecule has 182 valence electrons. The molecular formula is C24H20BrN7O4. The number of piperidine rings is 1. The van der Waals surface area contributed by atoms with Crippen LogP contribution < -0.4 is 11.1 Å². The number of halogens is 1. The predicted octanol–water partition coefficient (Wildman–Crippen LogP) is 2.65. The van der Waals surface area contributed by atoms with Gasteiger partial charge < -0.3 is 25.6 Å². The molecule has 2 aliphatic rings. The molecule has 6 rings (SSSR count). The number of likely N-dealkylation sites (tertiary alicyclic amines) is 1. The monoisotopic (exact) mass is 549 g/mol. The summed E-state index contributed by atoms with van der Waals surface area (Å²) in [4.78, 5) is 53.0. The van der Waals surface area contributed by atoms with Crippen LogP contribution >= 0.6 is 15.9 Å². The van der Waals surface area contributed by atoms with E-state index >= 15 is 0 Å². The summed E-state index contributed by atoms with van der Waals surface area (Å²) in [6.45, 7) is -0.123. The number of carbonyl (C=O) groups excluding carboxylic acids is 2. The second kappa shape index (κ2) is 8.26. The Labute approximate surface area is 212 Å². The van der Waals surface area contributed by atoms with Gasteiger partial charge in [-0.15, -0.1) is 0 Å². The number of anilines is 2. The van der Waals surface area contributed by atoms with E-state index < -0.39 is 12.0 Å². The number of aromatic nitrogens is 4. The second-order valence-corrected chi connectivity index (χ2v) is 9.81. The Kier molecular flexibility index (Phi) is 5.14. The fourth-order valence-corrected chi connectivity index (χ4v) is 5.61. The molecular weight excluding hydrogens is 530 g/mol. The molecule has 3 aromatic heterocycles. The van der Waals surface area contributed by atoms with Crippen LogP contribution in [0.1, 0.15) is 23.2 Å². The minimum absolute atomic E-state index is 0.00563. The quantitative estimate of drug-likeness (QED) is 0.320. The number of aromatic carboxylic acids is 1. The van der Waals surface area contributed by atoms with E-state index in [9.17, 15) is 19.5 Å². The van der Waals surface area contributed by atoms with Crippen molar-refractivity contribution in [3.63, 3.8) is 0 Å². The lowest BCUT2D eigenvalue weighted by molar-refractivity contribution is -0.138. The predicted molar refractivity (Wildman–Crippen MR) is 134 cm³/mol. The van der Waals surface area contributed by atoms with Crippen molar-refractivity contribution in [3.05, 3.63) is 52.9 Å². The van der Waals surface area contributed by atoms with Gasteiger partial charge in [0.05, 0.1) is 16.5 Å². The third kappa shape index (κ3) is 3.56. The number of rotatable bonds is 5. The molecule has 3 atom stereocenters. The first-order chi connectivity index (χ1) is 17.3. The zero-order chi connectivity index (χ0) is 25.1. The highest BCUT2D eigenvalue weighted by Gasteiger charge is 2.56. The van der Waals surface area contributed by atoms with Gasteiger partial charge in [0.1, 0.15) is 40.8 Å². The summed E-state index contributed by atoms with van der Waals surface area (Å²) in [6.07, 6.45) is 2.73. The number of nitrogens with two attached hydrogens (primary N) is 1. The van der Waals surface area contributed by atoms with Gasteiger partial charge in [-0.3, -0.25) is 9.59 Å². The fourth-order valence-electron chi connectivity index (χ4n) is 5.27. The molecule has 1 unspecified atom stereocenters. The van der Waals surface area contributed by atoms with Gasteiger partial charge in [0, 0.05) is 11.4 Å². The summed E-state index contributed by atoms with van der Waals surface area (Å²) < 4.78 is 2.24. The van der Waals surface area contributed by atoms with Gasteiger partial charge in [0.15, 0.2) is 0 Å². The maximum atomic E-state index is 13.7. The van der Waals surface area contributed by atoms with E-state index in [2.05, 4.69) is 36.2 Å². The molecule has 0 spiro atoms. The van der Waals surface area contributed by atoms with E-state index in [4.69, 9.17) is 5.73 Å². The number of nitrogens with one attached hydrogen (secondary N) is 1. The maximum Gasteiger partial charge on any atom is 0.336 e. The van der Waals surface area contributed by atoms with E-state index in [0.29, 0.717) is 38.8 Å². The lowest BCUT2D eigenvalue weighted by Crippen LogP contribution is -2.46. The molecule has 1 aliphatic heterocycles. The summed E-state index contributed by atoms with van der Waals surface area (Å²) in [5.74, 6) is -0.838. The van der Waals surface area contributed by atoms with Crippen molar-refractivity contribution in [2.75, 3.05) is 11.1 Å². The van der Waals surface area contributed by atoms with E-state index in [1.807, 2.05) is 0 Å². The Morgan fingerprint density at radius 3 is 2.69 bits per heavy atom. The molecule has 1 aromatic carbocycles. The van der Waals surface area contributed by atoms with E-state index in [0.717, 1.165) is 6.42 Å². The molecule has 2 amide bonds. The van der Waals surface area contributed by atoms with Crippen molar-refractivity contribution in [3.8, 4) is 0 Å². The van der Waals surface area contributed by atoms with E-state index in [-0.39, 0.29) is 41.7 Å². The highest BCUT2D eigenvalue weighted by atomic mass is 79.9.